The van der Waals surface area contributed by atoms with Crippen molar-refractivity contribution in [3.63, 3.8) is 0 Å². The van der Waals surface area contributed by atoms with Crippen LogP contribution < -0.4 is 5.30 Å². The second kappa shape index (κ2) is 6.55. The van der Waals surface area contributed by atoms with Crippen molar-refractivity contribution in [3.05, 3.63) is 113 Å². The Balaban J connectivity index is 1.85. The molecule has 0 nitrogen and oxygen atoms in total. The van der Waals surface area contributed by atoms with Crippen LogP contribution in [0.15, 0.2) is 102 Å². The van der Waals surface area contributed by atoms with Gasteiger partial charge < -0.3 is 0 Å². The third-order valence-corrected chi connectivity index (χ3v) is 9.61. The Kier molecular flexibility index (Phi) is 4.03. The van der Waals surface area contributed by atoms with Crippen LogP contribution in [0.3, 0.4) is 0 Å². The van der Waals surface area contributed by atoms with Gasteiger partial charge in [-0.3, -0.25) is 0 Å². The average Bonchev–Trinajstić information content (AvgIpc) is 3.28. The van der Waals surface area contributed by atoms with Crippen molar-refractivity contribution >= 4 is 29.1 Å². The molecule has 0 N–H and O–H groups in total. The van der Waals surface area contributed by atoms with E-state index in [0.717, 1.165) is 0 Å². The summed E-state index contributed by atoms with van der Waals surface area (Å²) in [4.78, 5) is 0. The van der Waals surface area contributed by atoms with Crippen LogP contribution in [0, 0.1) is 0 Å². The van der Waals surface area contributed by atoms with E-state index < -0.39 is 6.89 Å². The summed E-state index contributed by atoms with van der Waals surface area (Å²) in [7, 11) is 0. The summed E-state index contributed by atoms with van der Waals surface area (Å²) in [5.74, 6) is 0. The van der Waals surface area contributed by atoms with Crippen LogP contribution >= 0.6 is 6.89 Å². The van der Waals surface area contributed by atoms with Crippen LogP contribution in [-0.4, -0.2) is 6.30 Å². The minimum atomic E-state index is -1.90. The molecule has 1 heteroatoms. The van der Waals surface area contributed by atoms with Gasteiger partial charge in [-0.2, -0.15) is 0 Å². The number of rotatable bonds is 3. The Hall–Kier alpha value is -2.56. The van der Waals surface area contributed by atoms with Gasteiger partial charge in [-0.25, -0.2) is 0 Å². The lowest BCUT2D eigenvalue weighted by molar-refractivity contribution is 0.934. The molecule has 1 aliphatic heterocycles. The summed E-state index contributed by atoms with van der Waals surface area (Å²) >= 11 is 0. The molecule has 1 fully saturated rings. The second-order valence-corrected chi connectivity index (χ2v) is 10.4. The van der Waals surface area contributed by atoms with Crippen molar-refractivity contribution in [1.82, 2.24) is 0 Å². The molecule has 2 aliphatic rings. The van der Waals surface area contributed by atoms with Crippen molar-refractivity contribution in [2.75, 3.05) is 0 Å². The van der Waals surface area contributed by atoms with Gasteiger partial charge >= 0.3 is 0 Å². The molecule has 0 unspecified atom stereocenters. The quantitative estimate of drug-likeness (QED) is 0.448. The molecular weight excluding hydrogens is 343 g/mol. The van der Waals surface area contributed by atoms with Gasteiger partial charge in [0, 0.05) is 0 Å². The highest BCUT2D eigenvalue weighted by atomic mass is 31.2. The molecule has 0 aromatic heterocycles. The van der Waals surface area contributed by atoms with E-state index in [2.05, 4.69) is 91.0 Å². The molecule has 0 bridgehead atoms. The zero-order valence-electron chi connectivity index (χ0n) is 15.4. The van der Waals surface area contributed by atoms with E-state index >= 15 is 0 Å². The SMILES string of the molecule is C=P1(c2ccccc2)C(c2ccccc2)=C2CCCC2=C1c1ccccc1. The zero-order valence-corrected chi connectivity index (χ0v) is 16.3. The summed E-state index contributed by atoms with van der Waals surface area (Å²) in [5.41, 5.74) is 5.86. The van der Waals surface area contributed by atoms with Crippen LogP contribution in [0.4, 0.5) is 0 Å². The van der Waals surface area contributed by atoms with Gasteiger partial charge in [-0.15, -0.1) is 0 Å². The third-order valence-electron chi connectivity index (χ3n) is 5.84. The Morgan fingerprint density at radius 3 is 1.41 bits per heavy atom. The number of allylic oxidation sites excluding steroid dienone is 2. The molecule has 132 valence electrons. The molecule has 1 aliphatic carbocycles. The van der Waals surface area contributed by atoms with Crippen molar-refractivity contribution in [3.8, 4) is 0 Å². The Labute approximate surface area is 161 Å². The molecule has 0 amide bonds. The van der Waals surface area contributed by atoms with E-state index in [0.29, 0.717) is 0 Å². The molecule has 1 saturated carbocycles. The summed E-state index contributed by atoms with van der Waals surface area (Å²) in [5, 5.41) is 4.42. The van der Waals surface area contributed by atoms with Gasteiger partial charge in [0.25, 0.3) is 0 Å². The van der Waals surface area contributed by atoms with E-state index in [1.54, 1.807) is 11.1 Å². The Morgan fingerprint density at radius 1 is 0.556 bits per heavy atom. The molecule has 0 saturated heterocycles. The summed E-state index contributed by atoms with van der Waals surface area (Å²) < 4.78 is 0. The van der Waals surface area contributed by atoms with Gasteiger partial charge in [0.1, 0.15) is 0 Å². The Morgan fingerprint density at radius 2 is 0.963 bits per heavy atom. The topological polar surface area (TPSA) is 0 Å². The predicted molar refractivity (Wildman–Crippen MR) is 121 cm³/mol. The minimum absolute atomic E-state index is 1.18. The van der Waals surface area contributed by atoms with Crippen molar-refractivity contribution in [2.24, 2.45) is 0 Å². The largest absolute Gasteiger partial charge is 0.0886 e. The van der Waals surface area contributed by atoms with Crippen LogP contribution in [0.1, 0.15) is 30.4 Å². The number of benzene rings is 3. The highest BCUT2D eigenvalue weighted by Crippen LogP contribution is 2.75. The molecular formula is C26H23P. The monoisotopic (exact) mass is 366 g/mol. The average molecular weight is 366 g/mol. The smallest absolute Gasteiger partial charge is 0.00582 e. The normalized spacial score (nSPS) is 18.1. The molecule has 3 aromatic carbocycles. The molecule has 3 aromatic rings. The van der Waals surface area contributed by atoms with E-state index in [1.807, 2.05) is 0 Å². The van der Waals surface area contributed by atoms with Crippen molar-refractivity contribution in [2.45, 2.75) is 19.3 Å². The fourth-order valence-electron chi connectivity index (χ4n) is 4.76. The lowest BCUT2D eigenvalue weighted by Gasteiger charge is -2.29. The first-order chi connectivity index (χ1) is 13.3. The Bertz CT molecular complexity index is 1020. The molecule has 1 heterocycles. The van der Waals surface area contributed by atoms with Crippen LogP contribution in [0.5, 0.6) is 0 Å². The maximum Gasteiger partial charge on any atom is -0.00582 e. The number of fused-ring (bicyclic) bond motifs is 1. The molecule has 0 spiro atoms. The second-order valence-electron chi connectivity index (χ2n) is 7.39. The van der Waals surface area contributed by atoms with Gasteiger partial charge in [-0.1, -0.05) is 97.3 Å². The van der Waals surface area contributed by atoms with Gasteiger partial charge in [0.15, 0.2) is 0 Å². The van der Waals surface area contributed by atoms with Crippen molar-refractivity contribution < 1.29 is 0 Å². The maximum atomic E-state index is 5.03. The first kappa shape index (κ1) is 16.6. The molecule has 27 heavy (non-hydrogen) atoms. The summed E-state index contributed by atoms with van der Waals surface area (Å²) in [6, 6.07) is 33.0. The third kappa shape index (κ3) is 2.52. The van der Waals surface area contributed by atoms with Gasteiger partial charge in [0.2, 0.25) is 0 Å². The van der Waals surface area contributed by atoms with Crippen LogP contribution in [0.2, 0.25) is 0 Å². The molecule has 0 atom stereocenters. The van der Waals surface area contributed by atoms with E-state index in [1.165, 1.54) is 46.3 Å². The summed E-state index contributed by atoms with van der Waals surface area (Å²) in [6.07, 6.45) is 8.65. The van der Waals surface area contributed by atoms with E-state index in [-0.39, 0.29) is 0 Å². The molecule has 0 radical (unpaired) electrons. The maximum absolute atomic E-state index is 5.03. The number of hydrogen-bond donors (Lipinski definition) is 0. The molecule has 5 rings (SSSR count). The van der Waals surface area contributed by atoms with Crippen molar-refractivity contribution in [1.29, 1.82) is 0 Å². The van der Waals surface area contributed by atoms with Crippen LogP contribution in [0.25, 0.3) is 10.6 Å². The fourth-order valence-corrected chi connectivity index (χ4v) is 8.78. The van der Waals surface area contributed by atoms with E-state index in [9.17, 15) is 0 Å². The van der Waals surface area contributed by atoms with Gasteiger partial charge in [0.05, 0.1) is 0 Å². The lowest BCUT2D eigenvalue weighted by Crippen LogP contribution is -2.07. The first-order valence-electron chi connectivity index (χ1n) is 9.68. The predicted octanol–water partition coefficient (Wildman–Crippen LogP) is 6.78. The zero-order chi connectivity index (χ0) is 18.3. The highest BCUT2D eigenvalue weighted by Gasteiger charge is 2.40. The summed E-state index contributed by atoms with van der Waals surface area (Å²) in [6.45, 7) is -1.90. The first-order valence-corrected chi connectivity index (χ1v) is 11.7. The van der Waals surface area contributed by atoms with Crippen LogP contribution in [-0.2, 0) is 0 Å². The highest BCUT2D eigenvalue weighted by molar-refractivity contribution is 7.98. The number of hydrogen-bond acceptors (Lipinski definition) is 0. The van der Waals surface area contributed by atoms with E-state index in [4.69, 9.17) is 6.30 Å². The lowest BCUT2D eigenvalue weighted by atomic mass is 10.0. The minimum Gasteiger partial charge on any atom is -0.0886 e. The standard InChI is InChI=1S/C26H23P/c1-27(22-16-9-4-10-17-22)25(20-12-5-2-6-13-20)23-18-11-19-24(23)26(27)21-14-7-3-8-15-21/h2-10,12-17H,1,11,18-19H2. The fraction of sp³-hybridized carbons (Fsp3) is 0.115. The van der Waals surface area contributed by atoms with Gasteiger partial charge in [-0.05, 0) is 64.4 Å².